The first-order chi connectivity index (χ1) is 12.5. The zero-order chi connectivity index (χ0) is 23.4. The predicted octanol–water partition coefficient (Wildman–Crippen LogP) is 2.70. The third kappa shape index (κ3) is 78.1. The fraction of sp³-hybridized carbons (Fsp3) is 0.400. The Kier molecular flexibility index (Phi) is 29.4. The van der Waals surface area contributed by atoms with Crippen LogP contribution in [0.5, 0.6) is 0 Å². The van der Waals surface area contributed by atoms with Gasteiger partial charge in [-0.15, -0.1) is 0 Å². The molecular weight excluding hydrogens is 396 g/mol. The summed E-state index contributed by atoms with van der Waals surface area (Å²) < 4.78 is 0. The largest absolute Gasteiger partial charge is 0.512 e. The molecule has 0 heterocycles. The van der Waals surface area contributed by atoms with Crippen LogP contribution in [0.1, 0.15) is 55.4 Å². The van der Waals surface area contributed by atoms with E-state index >= 15 is 0 Å². The fourth-order valence-electron chi connectivity index (χ4n) is 1.18. The molecule has 0 spiro atoms. The molecule has 0 amide bonds. The van der Waals surface area contributed by atoms with Gasteiger partial charge in [-0.3, -0.25) is 19.2 Å². The van der Waals surface area contributed by atoms with Gasteiger partial charge in [0, 0.05) is 24.3 Å². The van der Waals surface area contributed by atoms with Crippen LogP contribution in [0.15, 0.2) is 47.3 Å². The van der Waals surface area contributed by atoms with Gasteiger partial charge in [0.25, 0.3) is 0 Å². The smallest absolute Gasteiger partial charge is 0.155 e. The number of carbonyl (C=O) groups excluding carboxylic acids is 4. The van der Waals surface area contributed by atoms with Gasteiger partial charge >= 0.3 is 0 Å². The van der Waals surface area contributed by atoms with E-state index in [1.807, 2.05) is 0 Å². The molecule has 0 rings (SSSR count). The third-order valence-electron chi connectivity index (χ3n) is 1.65. The minimum Gasteiger partial charge on any atom is -0.512 e. The fourth-order valence-corrected chi connectivity index (χ4v) is 1.18. The maximum Gasteiger partial charge on any atom is 0.155 e. The monoisotopic (exact) mass is 432 g/mol. The van der Waals surface area contributed by atoms with Gasteiger partial charge in [-0.05, 0) is 66.4 Å². The van der Waals surface area contributed by atoms with Crippen molar-refractivity contribution in [2.45, 2.75) is 55.4 Å². The molecule has 0 unspecified atom stereocenters. The van der Waals surface area contributed by atoms with E-state index in [0.717, 1.165) is 0 Å². The number of carbonyl (C=O) groups is 4. The summed E-state index contributed by atoms with van der Waals surface area (Å²) in [4.78, 5) is 40.1. The molecule has 8 nitrogen and oxygen atoms in total. The van der Waals surface area contributed by atoms with Crippen LogP contribution in [0.3, 0.4) is 0 Å². The van der Waals surface area contributed by atoms with Crippen molar-refractivity contribution >= 4 is 34.1 Å². The Morgan fingerprint density at radius 1 is 0.414 bits per heavy atom. The highest BCUT2D eigenvalue weighted by molar-refractivity contribution is 5.88. The van der Waals surface area contributed by atoms with Crippen LogP contribution in [0.25, 0.3) is 0 Å². The van der Waals surface area contributed by atoms with Gasteiger partial charge in [0.2, 0.25) is 0 Å². The lowest BCUT2D eigenvalue weighted by atomic mass is 10.4. The number of aliphatic hydroxyl groups excluding tert-OH is 4. The van der Waals surface area contributed by atoms with Gasteiger partial charge in [0.15, 0.2) is 23.1 Å². The third-order valence-corrected chi connectivity index (χ3v) is 1.65. The molecule has 0 aromatic heterocycles. The first kappa shape index (κ1) is 36.9. The van der Waals surface area contributed by atoms with Crippen LogP contribution in [0.2, 0.25) is 0 Å². The van der Waals surface area contributed by atoms with Gasteiger partial charge in [-0.1, -0.05) is 0 Å². The van der Waals surface area contributed by atoms with Crippen molar-refractivity contribution in [3.8, 4) is 0 Å². The average molecular weight is 433 g/mol. The van der Waals surface area contributed by atoms with Crippen LogP contribution in [-0.2, 0) is 19.2 Å². The Hall–Kier alpha value is -2.94. The van der Waals surface area contributed by atoms with E-state index in [0.29, 0.717) is 0 Å². The summed E-state index contributed by atoms with van der Waals surface area (Å²) in [6.07, 6.45) is 4.67. The van der Waals surface area contributed by atoms with Crippen molar-refractivity contribution in [3.05, 3.63) is 47.3 Å². The number of rotatable bonds is 4. The van der Waals surface area contributed by atoms with E-state index in [1.165, 1.54) is 79.7 Å². The highest BCUT2D eigenvalue weighted by Crippen LogP contribution is 1.84. The SMILES string of the molecule is CC(=O)/C=C(/C)O.CC(=O)/C=C(/C)O.CC(=O)/C=C(/C)O.CC(=O)/C=C(/C)O.[SiH4]. The molecule has 0 saturated carbocycles. The van der Waals surface area contributed by atoms with Gasteiger partial charge in [0.05, 0.1) is 23.0 Å². The van der Waals surface area contributed by atoms with Crippen molar-refractivity contribution in [2.24, 2.45) is 0 Å². The zero-order valence-corrected chi connectivity index (χ0v) is 17.7. The van der Waals surface area contributed by atoms with Crippen LogP contribution in [0.4, 0.5) is 0 Å². The summed E-state index contributed by atoms with van der Waals surface area (Å²) in [5, 5.41) is 33.5. The molecule has 0 aliphatic carbocycles. The van der Waals surface area contributed by atoms with Crippen molar-refractivity contribution in [1.82, 2.24) is 0 Å². The second-order valence-electron chi connectivity index (χ2n) is 5.59. The van der Waals surface area contributed by atoms with Gasteiger partial charge in [0.1, 0.15) is 0 Å². The lowest BCUT2D eigenvalue weighted by molar-refractivity contribution is -0.113. The normalized spacial score (nSPS) is 11.0. The number of hydrogen-bond acceptors (Lipinski definition) is 8. The molecule has 0 aromatic rings. The Labute approximate surface area is 177 Å². The molecule has 0 aliphatic rings. The summed E-state index contributed by atoms with van der Waals surface area (Å²) >= 11 is 0. The maximum atomic E-state index is 10.0. The number of hydrogen-bond donors (Lipinski definition) is 4. The van der Waals surface area contributed by atoms with Crippen LogP contribution in [0, 0.1) is 0 Å². The minimum atomic E-state index is -0.125. The Balaban J connectivity index is -0.0000000873. The molecule has 0 fully saturated rings. The summed E-state index contributed by atoms with van der Waals surface area (Å²) in [7, 11) is 0. The van der Waals surface area contributed by atoms with E-state index in [2.05, 4.69) is 0 Å². The van der Waals surface area contributed by atoms with Crippen LogP contribution in [-0.4, -0.2) is 54.5 Å². The molecule has 0 saturated heterocycles. The molecule has 29 heavy (non-hydrogen) atoms. The molecule has 0 atom stereocenters. The van der Waals surface area contributed by atoms with E-state index in [9.17, 15) is 19.2 Å². The van der Waals surface area contributed by atoms with Gasteiger partial charge < -0.3 is 20.4 Å². The summed E-state index contributed by atoms with van der Waals surface area (Å²) in [6, 6.07) is 0. The maximum absolute atomic E-state index is 10.0. The van der Waals surface area contributed by atoms with Crippen LogP contribution >= 0.6 is 0 Å². The Morgan fingerprint density at radius 2 is 0.517 bits per heavy atom. The lowest BCUT2D eigenvalue weighted by Crippen LogP contribution is -1.82. The van der Waals surface area contributed by atoms with E-state index in [-0.39, 0.29) is 57.1 Å². The molecular formula is C20H36O8Si. The number of allylic oxidation sites excluding steroid dienone is 8. The van der Waals surface area contributed by atoms with E-state index in [1.54, 1.807) is 0 Å². The molecule has 0 radical (unpaired) electrons. The van der Waals surface area contributed by atoms with E-state index in [4.69, 9.17) is 20.4 Å². The molecule has 168 valence electrons. The predicted molar refractivity (Wildman–Crippen MR) is 120 cm³/mol. The van der Waals surface area contributed by atoms with Gasteiger partial charge in [-0.2, -0.15) is 0 Å². The molecule has 0 bridgehead atoms. The Bertz CT molecular complexity index is 513. The summed E-state index contributed by atoms with van der Waals surface area (Å²) in [6.45, 7) is 11.4. The lowest BCUT2D eigenvalue weighted by Gasteiger charge is -1.80. The Morgan fingerprint density at radius 3 is 0.517 bits per heavy atom. The number of aliphatic hydroxyl groups is 4. The quantitative estimate of drug-likeness (QED) is 0.301. The van der Waals surface area contributed by atoms with Crippen molar-refractivity contribution in [3.63, 3.8) is 0 Å². The van der Waals surface area contributed by atoms with Crippen molar-refractivity contribution < 1.29 is 39.6 Å². The second-order valence-corrected chi connectivity index (χ2v) is 5.59. The highest BCUT2D eigenvalue weighted by atomic mass is 28.1. The first-order valence-electron chi connectivity index (χ1n) is 8.02. The van der Waals surface area contributed by atoms with Crippen LogP contribution < -0.4 is 0 Å². The first-order valence-corrected chi connectivity index (χ1v) is 8.02. The average Bonchev–Trinajstić information content (AvgIpc) is 2.32. The van der Waals surface area contributed by atoms with E-state index < -0.39 is 0 Å². The van der Waals surface area contributed by atoms with Crippen molar-refractivity contribution in [1.29, 1.82) is 0 Å². The molecule has 0 aliphatic heterocycles. The van der Waals surface area contributed by atoms with Gasteiger partial charge in [-0.25, -0.2) is 0 Å². The second kappa shape index (κ2) is 23.1. The number of ketones is 4. The zero-order valence-electron chi connectivity index (χ0n) is 17.7. The minimum absolute atomic E-state index is 0. The van der Waals surface area contributed by atoms with Crippen molar-refractivity contribution in [2.75, 3.05) is 0 Å². The summed E-state index contributed by atoms with van der Waals surface area (Å²) in [5.41, 5.74) is 0. The summed E-state index contributed by atoms with van der Waals surface area (Å²) in [5.74, 6) is -0.250. The topological polar surface area (TPSA) is 149 Å². The standard InChI is InChI=1S/4C5H8O2.H4Si/c4*1-4(6)3-5(2)7;/h4*3,6H,1-2H3;1H4/b4*4-3-;. The molecule has 4 N–H and O–H groups in total. The molecule has 9 heteroatoms. The highest BCUT2D eigenvalue weighted by Gasteiger charge is 1.84. The molecule has 0 aromatic carbocycles.